The number of nitrogens with one attached hydrogen (secondary N) is 1. The number of oxime groups is 1. The van der Waals surface area contributed by atoms with Crippen LogP contribution in [0.5, 0.6) is 5.75 Å². The Morgan fingerprint density at radius 2 is 1.92 bits per heavy atom. The molecule has 2 aromatic rings. The van der Waals surface area contributed by atoms with E-state index in [0.29, 0.717) is 6.61 Å². The molecule has 0 aliphatic rings. The molecule has 132 valence electrons. The minimum Gasteiger partial charge on any atom is -0.494 e. The van der Waals surface area contributed by atoms with Crippen molar-refractivity contribution in [1.82, 2.24) is 0 Å². The number of para-hydroxylation sites is 1. The highest BCUT2D eigenvalue weighted by molar-refractivity contribution is 5.93. The minimum absolute atomic E-state index is 0.134. The number of anilines is 1. The summed E-state index contributed by atoms with van der Waals surface area (Å²) in [6.45, 7) is 6.47. The Morgan fingerprint density at radius 3 is 2.60 bits per heavy atom. The van der Waals surface area contributed by atoms with Crippen LogP contribution in [0.1, 0.15) is 30.5 Å². The second-order valence-corrected chi connectivity index (χ2v) is 5.52. The number of hydrogen-bond acceptors (Lipinski definition) is 4. The van der Waals surface area contributed by atoms with E-state index in [9.17, 15) is 4.79 Å². The molecule has 1 N–H and O–H groups in total. The molecular weight excluding hydrogens is 316 g/mol. The zero-order valence-corrected chi connectivity index (χ0v) is 14.9. The first kappa shape index (κ1) is 18.5. The third-order valence-corrected chi connectivity index (χ3v) is 3.67. The van der Waals surface area contributed by atoms with Gasteiger partial charge in [0.1, 0.15) is 5.75 Å². The largest absolute Gasteiger partial charge is 0.494 e. The minimum atomic E-state index is -0.229. The Balaban J connectivity index is 1.84. The summed E-state index contributed by atoms with van der Waals surface area (Å²) in [7, 11) is 0. The van der Waals surface area contributed by atoms with Crippen molar-refractivity contribution in [2.24, 2.45) is 5.16 Å². The first-order valence-electron chi connectivity index (χ1n) is 8.40. The Hall–Kier alpha value is -2.82. The number of hydrogen-bond donors (Lipinski definition) is 1. The van der Waals surface area contributed by atoms with Crippen molar-refractivity contribution in [3.8, 4) is 5.75 Å². The molecule has 0 spiro atoms. The summed E-state index contributed by atoms with van der Waals surface area (Å²) in [6, 6.07) is 13.4. The van der Waals surface area contributed by atoms with E-state index in [1.54, 1.807) is 6.21 Å². The lowest BCUT2D eigenvalue weighted by Gasteiger charge is -2.12. The van der Waals surface area contributed by atoms with Crippen molar-refractivity contribution in [3.63, 3.8) is 0 Å². The normalized spacial score (nSPS) is 10.7. The van der Waals surface area contributed by atoms with Crippen molar-refractivity contribution >= 4 is 17.8 Å². The fourth-order valence-electron chi connectivity index (χ4n) is 2.39. The molecule has 0 aromatic heterocycles. The highest BCUT2D eigenvalue weighted by Crippen LogP contribution is 2.20. The summed E-state index contributed by atoms with van der Waals surface area (Å²) in [5.41, 5.74) is 3.86. The van der Waals surface area contributed by atoms with E-state index in [1.165, 1.54) is 0 Å². The Bertz CT molecular complexity index is 724. The SMILES string of the molecule is CCOc1ccc(/C=N/OCC(=O)Nc2c(C)cccc2CC)cc1. The van der Waals surface area contributed by atoms with Gasteiger partial charge in [-0.3, -0.25) is 4.79 Å². The standard InChI is InChI=1S/C20H24N2O3/c1-4-17-8-6-7-15(3)20(17)22-19(23)14-25-21-13-16-9-11-18(12-10-16)24-5-2/h6-13H,4-5,14H2,1-3H3,(H,22,23)/b21-13+. The molecule has 0 saturated carbocycles. The van der Waals surface area contributed by atoms with Crippen LogP contribution in [0.3, 0.4) is 0 Å². The first-order chi connectivity index (χ1) is 12.1. The van der Waals surface area contributed by atoms with Crippen LogP contribution in [0.25, 0.3) is 0 Å². The second kappa shape index (κ2) is 9.47. The molecule has 0 unspecified atom stereocenters. The summed E-state index contributed by atoms with van der Waals surface area (Å²) < 4.78 is 5.37. The van der Waals surface area contributed by atoms with Crippen LogP contribution in [0, 0.1) is 6.92 Å². The van der Waals surface area contributed by atoms with Gasteiger partial charge in [-0.1, -0.05) is 30.3 Å². The lowest BCUT2D eigenvalue weighted by molar-refractivity contribution is -0.120. The smallest absolute Gasteiger partial charge is 0.265 e. The molecule has 0 saturated heterocycles. The van der Waals surface area contributed by atoms with Crippen molar-refractivity contribution in [1.29, 1.82) is 0 Å². The quantitative estimate of drug-likeness (QED) is 0.585. The van der Waals surface area contributed by atoms with E-state index in [4.69, 9.17) is 9.57 Å². The monoisotopic (exact) mass is 340 g/mol. The van der Waals surface area contributed by atoms with Crippen molar-refractivity contribution in [3.05, 3.63) is 59.2 Å². The van der Waals surface area contributed by atoms with E-state index < -0.39 is 0 Å². The van der Waals surface area contributed by atoms with Gasteiger partial charge in [0.05, 0.1) is 12.8 Å². The van der Waals surface area contributed by atoms with Crippen molar-refractivity contribution < 1.29 is 14.4 Å². The molecule has 0 bridgehead atoms. The predicted molar refractivity (Wildman–Crippen MR) is 100 cm³/mol. The number of amides is 1. The molecule has 2 aromatic carbocycles. The highest BCUT2D eigenvalue weighted by Gasteiger charge is 2.08. The Kier molecular flexibility index (Phi) is 7.01. The topological polar surface area (TPSA) is 59.9 Å². The molecule has 2 rings (SSSR count). The van der Waals surface area contributed by atoms with Crippen LogP contribution in [-0.4, -0.2) is 25.3 Å². The van der Waals surface area contributed by atoms with Crippen LogP contribution in [0.15, 0.2) is 47.6 Å². The van der Waals surface area contributed by atoms with E-state index in [2.05, 4.69) is 17.4 Å². The van der Waals surface area contributed by atoms with E-state index in [1.807, 2.05) is 56.3 Å². The maximum Gasteiger partial charge on any atom is 0.265 e. The molecule has 0 heterocycles. The van der Waals surface area contributed by atoms with Gasteiger partial charge < -0.3 is 14.9 Å². The van der Waals surface area contributed by atoms with Gasteiger partial charge in [-0.2, -0.15) is 0 Å². The first-order valence-corrected chi connectivity index (χ1v) is 8.40. The summed E-state index contributed by atoms with van der Waals surface area (Å²) in [5.74, 6) is 0.581. The summed E-state index contributed by atoms with van der Waals surface area (Å²) in [5, 5.41) is 6.73. The maximum absolute atomic E-state index is 12.0. The summed E-state index contributed by atoms with van der Waals surface area (Å²) in [6.07, 6.45) is 2.42. The highest BCUT2D eigenvalue weighted by atomic mass is 16.6. The fourth-order valence-corrected chi connectivity index (χ4v) is 2.39. The third-order valence-electron chi connectivity index (χ3n) is 3.67. The zero-order valence-electron chi connectivity index (χ0n) is 14.9. The number of rotatable bonds is 8. The Labute approximate surface area is 148 Å². The second-order valence-electron chi connectivity index (χ2n) is 5.52. The van der Waals surface area contributed by atoms with Gasteiger partial charge in [0.2, 0.25) is 0 Å². The molecule has 0 fully saturated rings. The molecular formula is C20H24N2O3. The van der Waals surface area contributed by atoms with Gasteiger partial charge in [-0.05, 0) is 61.2 Å². The number of benzene rings is 2. The molecule has 1 amide bonds. The number of carbonyl (C=O) groups excluding carboxylic acids is 1. The number of ether oxygens (including phenoxy) is 1. The van der Waals surface area contributed by atoms with Crippen LogP contribution in [0.2, 0.25) is 0 Å². The van der Waals surface area contributed by atoms with Gasteiger partial charge in [-0.15, -0.1) is 0 Å². The number of aryl methyl sites for hydroxylation is 2. The van der Waals surface area contributed by atoms with Crippen LogP contribution >= 0.6 is 0 Å². The Morgan fingerprint density at radius 1 is 1.16 bits per heavy atom. The lowest BCUT2D eigenvalue weighted by atomic mass is 10.1. The molecule has 0 atom stereocenters. The molecule has 25 heavy (non-hydrogen) atoms. The van der Waals surface area contributed by atoms with Crippen molar-refractivity contribution in [2.75, 3.05) is 18.5 Å². The van der Waals surface area contributed by atoms with Crippen LogP contribution in [0.4, 0.5) is 5.69 Å². The van der Waals surface area contributed by atoms with E-state index >= 15 is 0 Å². The van der Waals surface area contributed by atoms with E-state index in [0.717, 1.165) is 34.5 Å². The number of nitrogens with zero attached hydrogens (tertiary/aromatic N) is 1. The molecule has 0 aliphatic heterocycles. The summed E-state index contributed by atoms with van der Waals surface area (Å²) in [4.78, 5) is 17.1. The summed E-state index contributed by atoms with van der Waals surface area (Å²) >= 11 is 0. The molecule has 5 nitrogen and oxygen atoms in total. The lowest BCUT2D eigenvalue weighted by Crippen LogP contribution is -2.18. The average Bonchev–Trinajstić information content (AvgIpc) is 2.62. The van der Waals surface area contributed by atoms with Gasteiger partial charge in [0, 0.05) is 5.69 Å². The van der Waals surface area contributed by atoms with Gasteiger partial charge in [-0.25, -0.2) is 0 Å². The van der Waals surface area contributed by atoms with Gasteiger partial charge in [0.25, 0.3) is 5.91 Å². The van der Waals surface area contributed by atoms with Gasteiger partial charge >= 0.3 is 0 Å². The zero-order chi connectivity index (χ0) is 18.1. The van der Waals surface area contributed by atoms with E-state index in [-0.39, 0.29) is 12.5 Å². The fraction of sp³-hybridized carbons (Fsp3) is 0.300. The number of carbonyl (C=O) groups is 1. The third kappa shape index (κ3) is 5.64. The molecule has 0 aliphatic carbocycles. The molecule has 5 heteroatoms. The van der Waals surface area contributed by atoms with Crippen molar-refractivity contribution in [2.45, 2.75) is 27.2 Å². The molecule has 0 radical (unpaired) electrons. The maximum atomic E-state index is 12.0. The van der Waals surface area contributed by atoms with Crippen LogP contribution < -0.4 is 10.1 Å². The van der Waals surface area contributed by atoms with Crippen LogP contribution in [-0.2, 0) is 16.1 Å². The average molecular weight is 340 g/mol. The predicted octanol–water partition coefficient (Wildman–Crippen LogP) is 3.95. The van der Waals surface area contributed by atoms with Gasteiger partial charge in [0.15, 0.2) is 6.61 Å².